The molecule has 0 bridgehead atoms. The van der Waals surface area contributed by atoms with Crippen molar-refractivity contribution in [1.82, 2.24) is 0 Å². The standard InChI is InChI=1S/C8H8/c1-2-6-4-7-3-5(1)8(6)7/h1,6H,2-4H2. The molecule has 0 radical (unpaired) electrons. The molecule has 3 aliphatic rings. The maximum Gasteiger partial charge on any atom is -0.00612 e. The molecule has 0 aromatic rings. The molecule has 0 aliphatic heterocycles. The molecular formula is C8H8. The second-order valence-electron chi connectivity index (χ2n) is 3.06. The van der Waals surface area contributed by atoms with Crippen LogP contribution < -0.4 is 0 Å². The van der Waals surface area contributed by atoms with E-state index in [1.807, 2.05) is 0 Å². The van der Waals surface area contributed by atoms with Crippen molar-refractivity contribution in [3.63, 3.8) is 0 Å². The van der Waals surface area contributed by atoms with Gasteiger partial charge in [0.25, 0.3) is 0 Å². The van der Waals surface area contributed by atoms with E-state index in [2.05, 4.69) is 6.08 Å². The molecule has 0 spiro atoms. The van der Waals surface area contributed by atoms with Crippen LogP contribution in [0.5, 0.6) is 0 Å². The second-order valence-corrected chi connectivity index (χ2v) is 3.06. The van der Waals surface area contributed by atoms with Gasteiger partial charge in [-0.3, -0.25) is 0 Å². The van der Waals surface area contributed by atoms with Gasteiger partial charge in [-0.15, -0.1) is 0 Å². The second kappa shape index (κ2) is 0.812. The zero-order valence-corrected chi connectivity index (χ0v) is 4.78. The quantitative estimate of drug-likeness (QED) is 0.441. The summed E-state index contributed by atoms with van der Waals surface area (Å²) < 4.78 is 0. The number of hydrogen-bond donors (Lipinski definition) is 0. The van der Waals surface area contributed by atoms with Gasteiger partial charge in [-0.05, 0) is 36.3 Å². The summed E-state index contributed by atoms with van der Waals surface area (Å²) in [7, 11) is 0. The minimum atomic E-state index is 1.01. The van der Waals surface area contributed by atoms with Crippen molar-refractivity contribution in [2.75, 3.05) is 0 Å². The SMILES string of the molecule is C1=C2CC3=C2C(C1)C3. The van der Waals surface area contributed by atoms with Gasteiger partial charge in [0.1, 0.15) is 0 Å². The Morgan fingerprint density at radius 1 is 1.50 bits per heavy atom. The molecule has 0 heterocycles. The summed E-state index contributed by atoms with van der Waals surface area (Å²) in [5, 5.41) is 0. The van der Waals surface area contributed by atoms with Crippen LogP contribution in [0, 0.1) is 5.92 Å². The maximum atomic E-state index is 2.43. The van der Waals surface area contributed by atoms with E-state index in [1.54, 1.807) is 16.7 Å². The molecule has 3 aliphatic carbocycles. The van der Waals surface area contributed by atoms with Crippen LogP contribution in [0.4, 0.5) is 0 Å². The van der Waals surface area contributed by atoms with Gasteiger partial charge in [0.15, 0.2) is 0 Å². The summed E-state index contributed by atoms with van der Waals surface area (Å²) in [6, 6.07) is 0. The Morgan fingerprint density at radius 3 is 3.12 bits per heavy atom. The van der Waals surface area contributed by atoms with Crippen LogP contribution in [0.2, 0.25) is 0 Å². The Balaban J connectivity index is 2.32. The summed E-state index contributed by atoms with van der Waals surface area (Å²) in [5.74, 6) is 1.01. The highest BCUT2D eigenvalue weighted by Gasteiger charge is 2.41. The molecule has 0 saturated heterocycles. The van der Waals surface area contributed by atoms with Gasteiger partial charge in [0.05, 0.1) is 0 Å². The predicted molar refractivity (Wildman–Crippen MR) is 32.4 cm³/mol. The first-order chi connectivity index (χ1) is 3.95. The zero-order valence-electron chi connectivity index (χ0n) is 4.78. The van der Waals surface area contributed by atoms with Crippen LogP contribution >= 0.6 is 0 Å². The van der Waals surface area contributed by atoms with Crippen molar-refractivity contribution in [2.45, 2.75) is 19.3 Å². The van der Waals surface area contributed by atoms with Gasteiger partial charge in [0.2, 0.25) is 0 Å². The minimum absolute atomic E-state index is 1.01. The molecule has 0 aromatic heterocycles. The van der Waals surface area contributed by atoms with Crippen molar-refractivity contribution >= 4 is 0 Å². The number of rotatable bonds is 0. The monoisotopic (exact) mass is 104 g/mol. The molecule has 0 aromatic carbocycles. The molecule has 0 nitrogen and oxygen atoms in total. The van der Waals surface area contributed by atoms with Gasteiger partial charge in [0, 0.05) is 0 Å². The summed E-state index contributed by atoms with van der Waals surface area (Å²) in [5.41, 5.74) is 5.24. The first kappa shape index (κ1) is 3.49. The summed E-state index contributed by atoms with van der Waals surface area (Å²) in [6.45, 7) is 0. The van der Waals surface area contributed by atoms with E-state index >= 15 is 0 Å². The highest BCUT2D eigenvalue weighted by atomic mass is 14.5. The molecule has 1 atom stereocenters. The molecule has 1 unspecified atom stereocenters. The average Bonchev–Trinajstić information content (AvgIpc) is 2.02. The average molecular weight is 104 g/mol. The van der Waals surface area contributed by atoms with Gasteiger partial charge in [-0.1, -0.05) is 11.6 Å². The molecule has 0 N–H and O–H groups in total. The zero-order chi connectivity index (χ0) is 5.14. The van der Waals surface area contributed by atoms with Crippen LogP contribution in [0.15, 0.2) is 22.8 Å². The van der Waals surface area contributed by atoms with E-state index in [1.165, 1.54) is 19.3 Å². The molecule has 40 valence electrons. The first-order valence-electron chi connectivity index (χ1n) is 3.36. The van der Waals surface area contributed by atoms with Gasteiger partial charge < -0.3 is 0 Å². The third kappa shape index (κ3) is 0.184. The lowest BCUT2D eigenvalue weighted by Crippen LogP contribution is -2.22. The highest BCUT2D eigenvalue weighted by Crippen LogP contribution is 2.57. The van der Waals surface area contributed by atoms with E-state index in [0.717, 1.165) is 5.92 Å². The van der Waals surface area contributed by atoms with Crippen LogP contribution in [-0.2, 0) is 0 Å². The Hall–Kier alpha value is -0.520. The molecular weight excluding hydrogens is 96.1 g/mol. The predicted octanol–water partition coefficient (Wildman–Crippen LogP) is 2.04. The van der Waals surface area contributed by atoms with Crippen molar-refractivity contribution in [3.8, 4) is 0 Å². The highest BCUT2D eigenvalue weighted by molar-refractivity contribution is 5.59. The largest absolute Gasteiger partial charge is 0.0801 e. The summed E-state index contributed by atoms with van der Waals surface area (Å²) >= 11 is 0. The van der Waals surface area contributed by atoms with E-state index < -0.39 is 0 Å². The van der Waals surface area contributed by atoms with E-state index in [9.17, 15) is 0 Å². The lowest BCUT2D eigenvalue weighted by atomic mass is 9.66. The summed E-state index contributed by atoms with van der Waals surface area (Å²) in [6.07, 6.45) is 6.59. The molecule has 0 amide bonds. The Bertz CT molecular complexity index is 213. The van der Waals surface area contributed by atoms with Gasteiger partial charge >= 0.3 is 0 Å². The van der Waals surface area contributed by atoms with Crippen LogP contribution in [0.3, 0.4) is 0 Å². The van der Waals surface area contributed by atoms with Gasteiger partial charge in [-0.2, -0.15) is 0 Å². The topological polar surface area (TPSA) is 0 Å². The smallest absolute Gasteiger partial charge is 0.00612 e. The first-order valence-corrected chi connectivity index (χ1v) is 3.36. The van der Waals surface area contributed by atoms with E-state index in [-0.39, 0.29) is 0 Å². The number of hydrogen-bond acceptors (Lipinski definition) is 0. The van der Waals surface area contributed by atoms with Crippen molar-refractivity contribution in [2.24, 2.45) is 5.92 Å². The van der Waals surface area contributed by atoms with Crippen LogP contribution in [0.25, 0.3) is 0 Å². The maximum absolute atomic E-state index is 2.43. The van der Waals surface area contributed by atoms with Crippen molar-refractivity contribution < 1.29 is 0 Å². The minimum Gasteiger partial charge on any atom is -0.0801 e. The fourth-order valence-corrected chi connectivity index (χ4v) is 2.21. The third-order valence-corrected chi connectivity index (χ3v) is 2.68. The number of allylic oxidation sites excluding steroid dienone is 4. The summed E-state index contributed by atoms with van der Waals surface area (Å²) in [4.78, 5) is 0. The van der Waals surface area contributed by atoms with Crippen LogP contribution in [-0.4, -0.2) is 0 Å². The molecule has 0 saturated carbocycles. The molecule has 3 rings (SSSR count). The lowest BCUT2D eigenvalue weighted by Gasteiger charge is -2.38. The van der Waals surface area contributed by atoms with Gasteiger partial charge in [-0.25, -0.2) is 0 Å². The fraction of sp³-hybridized carbons (Fsp3) is 0.500. The molecule has 0 heteroatoms. The van der Waals surface area contributed by atoms with Crippen molar-refractivity contribution in [1.29, 1.82) is 0 Å². The molecule has 0 fully saturated rings. The van der Waals surface area contributed by atoms with E-state index in [4.69, 9.17) is 0 Å². The normalized spacial score (nSPS) is 38.0. The van der Waals surface area contributed by atoms with Crippen molar-refractivity contribution in [3.05, 3.63) is 22.8 Å². The Kier molecular flexibility index (Phi) is 0.355. The lowest BCUT2D eigenvalue weighted by molar-refractivity contribution is 0.528. The molecule has 8 heavy (non-hydrogen) atoms. The van der Waals surface area contributed by atoms with Crippen LogP contribution in [0.1, 0.15) is 19.3 Å². The van der Waals surface area contributed by atoms with E-state index in [0.29, 0.717) is 0 Å². The third-order valence-electron chi connectivity index (χ3n) is 2.68. The fourth-order valence-electron chi connectivity index (χ4n) is 2.21. The Morgan fingerprint density at radius 2 is 2.50 bits per heavy atom. The Labute approximate surface area is 48.9 Å².